The van der Waals surface area contributed by atoms with Crippen LogP contribution in [0.4, 0.5) is 0 Å². The monoisotopic (exact) mass is 521 g/mol. The first kappa shape index (κ1) is 24.8. The van der Waals surface area contributed by atoms with Gasteiger partial charge in [0.25, 0.3) is 0 Å². The van der Waals surface area contributed by atoms with Gasteiger partial charge in [-0.1, -0.05) is 32.9 Å². The van der Waals surface area contributed by atoms with Crippen molar-refractivity contribution in [2.45, 2.75) is 90.4 Å². The standard InChI is InChI=1S/C31H39NO6/c1-16-14-30-17(2)12-21-23(28(21,3)4)20(24(30)33)13-18-15-36-29(5,6)38-26(18)31(30,35)25(16)37-27(34)22-8-7-11-32(22)19-9-10-19/h7-8,11,13-14,17,19-21,23,25-26,35H,9-10,12,15H2,1-6H3/t17-,20+,21-,23+,25+,26-,30+,31-/m1/s1. The van der Waals surface area contributed by atoms with Crippen molar-refractivity contribution in [2.24, 2.45) is 34.5 Å². The molecule has 2 bridgehead atoms. The molecule has 4 fully saturated rings. The van der Waals surface area contributed by atoms with Crippen molar-refractivity contribution in [1.29, 1.82) is 0 Å². The van der Waals surface area contributed by atoms with Crippen LogP contribution >= 0.6 is 0 Å². The summed E-state index contributed by atoms with van der Waals surface area (Å²) in [5.41, 5.74) is -1.02. The minimum atomic E-state index is -1.79. The second-order valence-electron chi connectivity index (χ2n) is 13.8. The highest BCUT2D eigenvalue weighted by molar-refractivity contribution is 5.96. The molecule has 7 rings (SSSR count). The number of rotatable bonds is 3. The molecule has 8 atom stereocenters. The number of ketones is 1. The van der Waals surface area contributed by atoms with Gasteiger partial charge in [0.2, 0.25) is 0 Å². The summed E-state index contributed by atoms with van der Waals surface area (Å²) in [6, 6.07) is 3.94. The van der Waals surface area contributed by atoms with E-state index in [2.05, 4.69) is 20.8 Å². The van der Waals surface area contributed by atoms with Crippen molar-refractivity contribution in [3.8, 4) is 0 Å². The van der Waals surface area contributed by atoms with Crippen molar-refractivity contribution in [3.05, 3.63) is 47.3 Å². The second kappa shape index (κ2) is 7.49. The van der Waals surface area contributed by atoms with Crippen molar-refractivity contribution < 1.29 is 28.9 Å². The lowest BCUT2D eigenvalue weighted by molar-refractivity contribution is -0.302. The van der Waals surface area contributed by atoms with E-state index < -0.39 is 35.0 Å². The average molecular weight is 522 g/mol. The van der Waals surface area contributed by atoms with Crippen LogP contribution in [0.1, 0.15) is 77.3 Å². The molecule has 0 radical (unpaired) electrons. The summed E-state index contributed by atoms with van der Waals surface area (Å²) < 4.78 is 20.8. The minimum Gasteiger partial charge on any atom is -0.450 e. The Morgan fingerprint density at radius 2 is 1.95 bits per heavy atom. The lowest BCUT2D eigenvalue weighted by Crippen LogP contribution is -2.68. The Bertz CT molecular complexity index is 1300. The number of ether oxygens (including phenoxy) is 3. The first-order valence-electron chi connectivity index (χ1n) is 14.2. The number of carbonyl (C=O) groups excluding carboxylic acids is 2. The molecular weight excluding hydrogens is 482 g/mol. The summed E-state index contributed by atoms with van der Waals surface area (Å²) in [6.45, 7) is 12.4. The number of aliphatic hydroxyl groups is 1. The van der Waals surface area contributed by atoms with E-state index in [1.807, 2.05) is 49.8 Å². The third-order valence-electron chi connectivity index (χ3n) is 10.8. The molecule has 0 unspecified atom stereocenters. The highest BCUT2D eigenvalue weighted by Gasteiger charge is 2.77. The van der Waals surface area contributed by atoms with Gasteiger partial charge in [-0.15, -0.1) is 0 Å². The SMILES string of the molecule is CC1=C[C@]23C(=O)[C@@H](C=C4COC(C)(C)O[C@H]4[C@]2(O)[C@H]1OC(=O)c1cccn1C1CC1)[C@H]1[C@@H](C[C@H]3C)C1(C)C. The number of fused-ring (bicyclic) bond motifs is 5. The van der Waals surface area contributed by atoms with Gasteiger partial charge in [-0.25, -0.2) is 4.79 Å². The van der Waals surface area contributed by atoms with Crippen LogP contribution in [-0.2, 0) is 19.0 Å². The van der Waals surface area contributed by atoms with Gasteiger partial charge in [-0.3, -0.25) is 4.79 Å². The molecular formula is C31H39NO6. The lowest BCUT2D eigenvalue weighted by atomic mass is 9.59. The molecule has 1 N–H and O–H groups in total. The molecule has 0 aromatic carbocycles. The van der Waals surface area contributed by atoms with Crippen molar-refractivity contribution in [1.82, 2.24) is 4.57 Å². The van der Waals surface area contributed by atoms with E-state index in [1.165, 1.54) is 0 Å². The number of hydrogen-bond acceptors (Lipinski definition) is 6. The molecule has 7 nitrogen and oxygen atoms in total. The largest absolute Gasteiger partial charge is 0.450 e. The van der Waals surface area contributed by atoms with Gasteiger partial charge < -0.3 is 23.9 Å². The summed E-state index contributed by atoms with van der Waals surface area (Å²) in [5, 5.41) is 13.1. The Kier molecular flexibility index (Phi) is 4.89. The molecule has 0 amide bonds. The Labute approximate surface area is 224 Å². The van der Waals surface area contributed by atoms with E-state index in [1.54, 1.807) is 6.07 Å². The van der Waals surface area contributed by atoms with Gasteiger partial charge in [-0.2, -0.15) is 0 Å². The molecule has 1 saturated heterocycles. The third-order valence-corrected chi connectivity index (χ3v) is 10.8. The van der Waals surface area contributed by atoms with Crippen LogP contribution in [0, 0.1) is 34.5 Å². The van der Waals surface area contributed by atoms with E-state index in [-0.39, 0.29) is 35.6 Å². The summed E-state index contributed by atoms with van der Waals surface area (Å²) in [4.78, 5) is 28.4. The van der Waals surface area contributed by atoms with E-state index >= 15 is 0 Å². The second-order valence-corrected chi connectivity index (χ2v) is 13.8. The fourth-order valence-corrected chi connectivity index (χ4v) is 8.71. The number of hydrogen-bond donors (Lipinski definition) is 1. The van der Waals surface area contributed by atoms with Crippen LogP contribution in [0.3, 0.4) is 0 Å². The van der Waals surface area contributed by atoms with Gasteiger partial charge in [0.1, 0.15) is 11.8 Å². The van der Waals surface area contributed by atoms with Crippen LogP contribution in [0.15, 0.2) is 41.6 Å². The van der Waals surface area contributed by atoms with E-state index in [0.717, 1.165) is 24.8 Å². The zero-order valence-electron chi connectivity index (χ0n) is 23.2. The van der Waals surface area contributed by atoms with Gasteiger partial charge in [0, 0.05) is 18.2 Å². The summed E-state index contributed by atoms with van der Waals surface area (Å²) in [5.74, 6) is -1.33. The molecule has 7 heteroatoms. The van der Waals surface area contributed by atoms with Gasteiger partial charge >= 0.3 is 5.97 Å². The minimum absolute atomic E-state index is 0.0214. The highest BCUT2D eigenvalue weighted by atomic mass is 16.7. The van der Waals surface area contributed by atoms with Crippen LogP contribution in [0.2, 0.25) is 0 Å². The lowest BCUT2D eigenvalue weighted by Gasteiger charge is -2.52. The molecule has 38 heavy (non-hydrogen) atoms. The number of aromatic nitrogens is 1. The number of Topliss-reactive ketones (excluding diaryl/α,β-unsaturated/α-hetero) is 1. The van der Waals surface area contributed by atoms with Crippen molar-refractivity contribution in [2.75, 3.05) is 6.61 Å². The smallest absolute Gasteiger partial charge is 0.355 e. The predicted molar refractivity (Wildman–Crippen MR) is 139 cm³/mol. The number of esters is 1. The fourth-order valence-electron chi connectivity index (χ4n) is 8.71. The number of nitrogens with zero attached hydrogens (tertiary/aromatic N) is 1. The van der Waals surface area contributed by atoms with Gasteiger partial charge in [0.05, 0.1) is 12.0 Å². The third kappa shape index (κ3) is 3.01. The average Bonchev–Trinajstić information content (AvgIpc) is 3.70. The van der Waals surface area contributed by atoms with E-state index in [0.29, 0.717) is 23.2 Å². The maximum Gasteiger partial charge on any atom is 0.355 e. The van der Waals surface area contributed by atoms with Crippen molar-refractivity contribution in [3.63, 3.8) is 0 Å². The quantitative estimate of drug-likeness (QED) is 0.462. The number of allylic oxidation sites excluding steroid dienone is 1. The number of carbonyl (C=O) groups is 2. The van der Waals surface area contributed by atoms with Gasteiger partial charge in [-0.05, 0) is 86.5 Å². The normalized spacial score (nSPS) is 44.0. The molecule has 1 spiro atoms. The van der Waals surface area contributed by atoms with Crippen LogP contribution in [0.25, 0.3) is 0 Å². The predicted octanol–water partition coefficient (Wildman–Crippen LogP) is 4.61. The Balaban J connectivity index is 1.37. The zero-order valence-corrected chi connectivity index (χ0v) is 23.2. The highest BCUT2D eigenvalue weighted by Crippen LogP contribution is 2.72. The topological polar surface area (TPSA) is 87.0 Å². The van der Waals surface area contributed by atoms with Crippen LogP contribution in [0.5, 0.6) is 0 Å². The van der Waals surface area contributed by atoms with Crippen molar-refractivity contribution >= 4 is 11.8 Å². The summed E-state index contributed by atoms with van der Waals surface area (Å²) >= 11 is 0. The molecule has 6 aliphatic rings. The first-order valence-corrected chi connectivity index (χ1v) is 14.2. The molecule has 1 aliphatic heterocycles. The first-order chi connectivity index (χ1) is 17.8. The molecule has 1 aromatic heterocycles. The Hall–Kier alpha value is -2.22. The van der Waals surface area contributed by atoms with Crippen LogP contribution < -0.4 is 0 Å². The van der Waals surface area contributed by atoms with Gasteiger partial charge in [0.15, 0.2) is 23.3 Å². The van der Waals surface area contributed by atoms with E-state index in [4.69, 9.17) is 14.2 Å². The van der Waals surface area contributed by atoms with Crippen LogP contribution in [-0.4, -0.2) is 51.6 Å². The Morgan fingerprint density at radius 3 is 2.66 bits per heavy atom. The molecule has 1 aromatic rings. The molecule has 5 aliphatic carbocycles. The maximum absolute atomic E-state index is 14.8. The zero-order chi connectivity index (χ0) is 27.0. The summed E-state index contributed by atoms with van der Waals surface area (Å²) in [7, 11) is 0. The maximum atomic E-state index is 14.8. The molecule has 2 heterocycles. The molecule has 3 saturated carbocycles. The Morgan fingerprint density at radius 1 is 1.21 bits per heavy atom. The summed E-state index contributed by atoms with van der Waals surface area (Å²) in [6.07, 6.45) is 6.91. The fraction of sp³-hybridized carbons (Fsp3) is 0.677. The molecule has 204 valence electrons. The van der Waals surface area contributed by atoms with E-state index in [9.17, 15) is 14.7 Å².